The van der Waals surface area contributed by atoms with E-state index >= 15 is 0 Å². The van der Waals surface area contributed by atoms with Crippen molar-refractivity contribution in [1.82, 2.24) is 20.0 Å². The van der Waals surface area contributed by atoms with Crippen LogP contribution in [0.3, 0.4) is 0 Å². The number of nitrogens with one attached hydrogen (secondary N) is 1. The molecule has 0 unspecified atom stereocenters. The lowest BCUT2D eigenvalue weighted by molar-refractivity contribution is -0.121. The molecule has 2 aliphatic rings. The predicted molar refractivity (Wildman–Crippen MR) is 78.8 cm³/mol. The van der Waals surface area contributed by atoms with E-state index in [0.29, 0.717) is 6.42 Å². The van der Waals surface area contributed by atoms with Crippen LogP contribution in [-0.4, -0.2) is 99.8 Å². The van der Waals surface area contributed by atoms with Crippen LogP contribution in [0.15, 0.2) is 0 Å². The molecule has 6 nitrogen and oxygen atoms in total. The molecule has 2 rings (SSSR count). The summed E-state index contributed by atoms with van der Waals surface area (Å²) in [5.41, 5.74) is 0. The van der Waals surface area contributed by atoms with Crippen LogP contribution >= 0.6 is 0 Å². The molecule has 1 N–H and O–H groups in total. The van der Waals surface area contributed by atoms with Crippen molar-refractivity contribution in [2.45, 2.75) is 6.42 Å². The smallest absolute Gasteiger partial charge is 0.221 e. The highest BCUT2D eigenvalue weighted by Crippen LogP contribution is 2.00. The molecule has 0 aliphatic carbocycles. The topological polar surface area (TPSA) is 48.0 Å². The maximum absolute atomic E-state index is 11.8. The molecule has 0 aromatic rings. The van der Waals surface area contributed by atoms with Gasteiger partial charge in [0, 0.05) is 65.3 Å². The van der Waals surface area contributed by atoms with Crippen molar-refractivity contribution in [3.63, 3.8) is 0 Å². The number of carbonyl (C=O) groups excluding carboxylic acids is 1. The lowest BCUT2D eigenvalue weighted by Gasteiger charge is -2.32. The maximum atomic E-state index is 11.8. The van der Waals surface area contributed by atoms with E-state index in [9.17, 15) is 4.79 Å². The van der Waals surface area contributed by atoms with Crippen molar-refractivity contribution in [3.8, 4) is 0 Å². The summed E-state index contributed by atoms with van der Waals surface area (Å²) in [4.78, 5) is 18.8. The summed E-state index contributed by atoms with van der Waals surface area (Å²) in [5, 5.41) is 3.02. The second-order valence-corrected chi connectivity index (χ2v) is 5.70. The fraction of sp³-hybridized carbons (Fsp3) is 0.929. The number of carbonyl (C=O) groups is 1. The highest BCUT2D eigenvalue weighted by atomic mass is 16.5. The molecule has 1 amide bonds. The molecule has 0 bridgehead atoms. The van der Waals surface area contributed by atoms with E-state index < -0.39 is 0 Å². The number of ether oxygens (including phenoxy) is 1. The van der Waals surface area contributed by atoms with Gasteiger partial charge in [-0.2, -0.15) is 0 Å². The average molecular weight is 284 g/mol. The van der Waals surface area contributed by atoms with Gasteiger partial charge in [-0.25, -0.2) is 0 Å². The summed E-state index contributed by atoms with van der Waals surface area (Å²) in [6.45, 7) is 10.6. The van der Waals surface area contributed by atoms with Crippen LogP contribution in [-0.2, 0) is 9.53 Å². The number of nitrogens with zero attached hydrogens (tertiary/aromatic N) is 3. The summed E-state index contributed by atoms with van der Waals surface area (Å²) >= 11 is 0. The van der Waals surface area contributed by atoms with Gasteiger partial charge in [0.2, 0.25) is 5.91 Å². The summed E-state index contributed by atoms with van der Waals surface area (Å²) < 4.78 is 5.30. The number of hydrogen-bond donors (Lipinski definition) is 1. The van der Waals surface area contributed by atoms with Crippen LogP contribution in [0.2, 0.25) is 0 Å². The zero-order valence-corrected chi connectivity index (χ0v) is 12.6. The summed E-state index contributed by atoms with van der Waals surface area (Å²) in [6.07, 6.45) is 0.618. The molecule has 6 heteroatoms. The Kier molecular flexibility index (Phi) is 6.72. The van der Waals surface area contributed by atoms with Crippen LogP contribution < -0.4 is 5.32 Å². The molecule has 2 aliphatic heterocycles. The maximum Gasteiger partial charge on any atom is 0.221 e. The van der Waals surface area contributed by atoms with Crippen molar-refractivity contribution >= 4 is 5.91 Å². The Hall–Kier alpha value is -0.690. The molecule has 0 saturated carbocycles. The number of piperazine rings is 1. The molecule has 2 fully saturated rings. The summed E-state index contributed by atoms with van der Waals surface area (Å²) in [6, 6.07) is 0. The molecule has 0 aromatic carbocycles. The third-order valence-corrected chi connectivity index (χ3v) is 4.10. The number of hydrogen-bond acceptors (Lipinski definition) is 5. The first-order valence-electron chi connectivity index (χ1n) is 7.72. The standard InChI is InChI=1S/C14H28N4O2/c1-16-6-8-17(9-7-16)4-2-14(19)15-3-5-18-10-12-20-13-11-18/h2-13H2,1H3,(H,15,19). The Morgan fingerprint density at radius 1 is 1.00 bits per heavy atom. The molecule has 0 spiro atoms. The number of rotatable bonds is 6. The van der Waals surface area contributed by atoms with E-state index in [4.69, 9.17) is 4.74 Å². The Morgan fingerprint density at radius 3 is 2.35 bits per heavy atom. The van der Waals surface area contributed by atoms with Gasteiger partial charge in [-0.05, 0) is 7.05 Å². The molecule has 0 aromatic heterocycles. The fourth-order valence-corrected chi connectivity index (χ4v) is 2.60. The minimum absolute atomic E-state index is 0.178. The van der Waals surface area contributed by atoms with E-state index in [2.05, 4.69) is 27.1 Å². The Morgan fingerprint density at radius 2 is 1.65 bits per heavy atom. The zero-order valence-electron chi connectivity index (χ0n) is 12.6. The predicted octanol–water partition coefficient (Wildman–Crippen LogP) is -0.928. The van der Waals surface area contributed by atoms with E-state index in [-0.39, 0.29) is 5.91 Å². The number of likely N-dealkylation sites (N-methyl/N-ethyl adjacent to an activating group) is 1. The van der Waals surface area contributed by atoms with Gasteiger partial charge in [-0.3, -0.25) is 9.69 Å². The highest BCUT2D eigenvalue weighted by molar-refractivity contribution is 5.76. The van der Waals surface area contributed by atoms with Crippen LogP contribution in [0.4, 0.5) is 0 Å². The first kappa shape index (κ1) is 15.7. The van der Waals surface area contributed by atoms with Gasteiger partial charge in [0.25, 0.3) is 0 Å². The Balaban J connectivity index is 1.49. The van der Waals surface area contributed by atoms with Crippen molar-refractivity contribution in [2.24, 2.45) is 0 Å². The van der Waals surface area contributed by atoms with E-state index in [1.807, 2.05) is 0 Å². The molecule has 20 heavy (non-hydrogen) atoms. The van der Waals surface area contributed by atoms with Crippen LogP contribution in [0.1, 0.15) is 6.42 Å². The van der Waals surface area contributed by atoms with Crippen LogP contribution in [0.25, 0.3) is 0 Å². The monoisotopic (exact) mass is 284 g/mol. The van der Waals surface area contributed by atoms with Gasteiger partial charge in [0.15, 0.2) is 0 Å². The largest absolute Gasteiger partial charge is 0.379 e. The third kappa shape index (κ3) is 5.75. The van der Waals surface area contributed by atoms with Gasteiger partial charge >= 0.3 is 0 Å². The normalized spacial score (nSPS) is 22.9. The van der Waals surface area contributed by atoms with Crippen molar-refractivity contribution in [3.05, 3.63) is 0 Å². The quantitative estimate of drug-likeness (QED) is 0.683. The van der Waals surface area contributed by atoms with Gasteiger partial charge in [-0.15, -0.1) is 0 Å². The second kappa shape index (κ2) is 8.56. The van der Waals surface area contributed by atoms with E-state index in [1.165, 1.54) is 0 Å². The fourth-order valence-electron chi connectivity index (χ4n) is 2.60. The highest BCUT2D eigenvalue weighted by Gasteiger charge is 2.15. The van der Waals surface area contributed by atoms with Crippen molar-refractivity contribution < 1.29 is 9.53 Å². The Labute approximate surface area is 122 Å². The summed E-state index contributed by atoms with van der Waals surface area (Å²) in [5.74, 6) is 0.178. The van der Waals surface area contributed by atoms with E-state index in [1.54, 1.807) is 0 Å². The van der Waals surface area contributed by atoms with E-state index in [0.717, 1.165) is 72.1 Å². The first-order chi connectivity index (χ1) is 9.74. The molecular weight excluding hydrogens is 256 g/mol. The molecule has 0 atom stereocenters. The van der Waals surface area contributed by atoms with Gasteiger partial charge in [0.05, 0.1) is 13.2 Å². The SMILES string of the molecule is CN1CCN(CCC(=O)NCCN2CCOCC2)CC1. The summed E-state index contributed by atoms with van der Waals surface area (Å²) in [7, 11) is 2.15. The van der Waals surface area contributed by atoms with Crippen LogP contribution in [0.5, 0.6) is 0 Å². The van der Waals surface area contributed by atoms with Crippen molar-refractivity contribution in [2.75, 3.05) is 79.2 Å². The minimum Gasteiger partial charge on any atom is -0.379 e. The molecular formula is C14H28N4O2. The van der Waals surface area contributed by atoms with Gasteiger partial charge in [-0.1, -0.05) is 0 Å². The first-order valence-corrected chi connectivity index (χ1v) is 7.72. The number of amides is 1. The molecule has 2 saturated heterocycles. The average Bonchev–Trinajstić information content (AvgIpc) is 2.48. The zero-order chi connectivity index (χ0) is 14.2. The van der Waals surface area contributed by atoms with Gasteiger partial charge < -0.3 is 19.9 Å². The van der Waals surface area contributed by atoms with Crippen LogP contribution in [0, 0.1) is 0 Å². The lowest BCUT2D eigenvalue weighted by Crippen LogP contribution is -2.46. The molecule has 0 radical (unpaired) electrons. The lowest BCUT2D eigenvalue weighted by atomic mass is 10.3. The molecule has 2 heterocycles. The van der Waals surface area contributed by atoms with Gasteiger partial charge in [0.1, 0.15) is 0 Å². The molecule has 116 valence electrons. The third-order valence-electron chi connectivity index (χ3n) is 4.10. The Bertz CT molecular complexity index is 287. The number of morpholine rings is 1. The second-order valence-electron chi connectivity index (χ2n) is 5.70. The van der Waals surface area contributed by atoms with Crippen molar-refractivity contribution in [1.29, 1.82) is 0 Å². The minimum atomic E-state index is 0.178.